The van der Waals surface area contributed by atoms with Crippen molar-refractivity contribution in [2.45, 2.75) is 17.6 Å². The Morgan fingerprint density at radius 3 is 2.78 bits per heavy atom. The van der Waals surface area contributed by atoms with Crippen molar-refractivity contribution >= 4 is 45.0 Å². The van der Waals surface area contributed by atoms with Crippen molar-refractivity contribution < 1.29 is 0 Å². The first-order valence-electron chi connectivity index (χ1n) is 5.35. The topological polar surface area (TPSA) is 43.8 Å². The van der Waals surface area contributed by atoms with Gasteiger partial charge in [0, 0.05) is 33.4 Å². The van der Waals surface area contributed by atoms with Gasteiger partial charge < -0.3 is 5.73 Å². The van der Waals surface area contributed by atoms with Crippen LogP contribution in [0.3, 0.4) is 0 Å². The first kappa shape index (κ1) is 13.8. The Morgan fingerprint density at radius 1 is 1.50 bits per heavy atom. The van der Waals surface area contributed by atoms with Gasteiger partial charge in [-0.15, -0.1) is 11.8 Å². The van der Waals surface area contributed by atoms with Gasteiger partial charge in [0.25, 0.3) is 0 Å². The first-order valence-corrected chi connectivity index (χ1v) is 7.50. The van der Waals surface area contributed by atoms with Crippen LogP contribution in [0.5, 0.6) is 0 Å². The third-order valence-electron chi connectivity index (χ3n) is 2.61. The van der Waals surface area contributed by atoms with E-state index in [1.807, 2.05) is 32.2 Å². The molecule has 0 amide bonds. The van der Waals surface area contributed by atoms with Crippen LogP contribution in [0.2, 0.25) is 5.15 Å². The summed E-state index contributed by atoms with van der Waals surface area (Å²) in [5, 5.41) is 4.98. The third kappa shape index (κ3) is 2.84. The number of hydrogen-bond donors (Lipinski definition) is 1. The van der Waals surface area contributed by atoms with Gasteiger partial charge in [0.2, 0.25) is 0 Å². The van der Waals surface area contributed by atoms with Crippen molar-refractivity contribution in [2.24, 2.45) is 7.05 Å². The number of halogens is 2. The van der Waals surface area contributed by atoms with Crippen molar-refractivity contribution in [1.82, 2.24) is 9.78 Å². The number of aromatic nitrogens is 2. The van der Waals surface area contributed by atoms with Crippen LogP contribution in [0.15, 0.2) is 27.6 Å². The Labute approximate surface area is 124 Å². The number of rotatable bonds is 3. The summed E-state index contributed by atoms with van der Waals surface area (Å²) >= 11 is 11.3. The standard InChI is InChI=1S/C12H13BrClN3S/c1-7-9(12(14)17(2)16-7)6-18-11-4-3-8(13)5-10(11)15/h3-5H,6,15H2,1-2H3. The number of anilines is 1. The zero-order chi connectivity index (χ0) is 13.3. The van der Waals surface area contributed by atoms with Crippen LogP contribution >= 0.6 is 39.3 Å². The van der Waals surface area contributed by atoms with E-state index in [2.05, 4.69) is 21.0 Å². The number of aryl methyl sites for hydroxylation is 2. The van der Waals surface area contributed by atoms with Crippen LogP contribution in [-0.4, -0.2) is 9.78 Å². The van der Waals surface area contributed by atoms with E-state index in [4.69, 9.17) is 17.3 Å². The van der Waals surface area contributed by atoms with E-state index in [1.54, 1.807) is 16.4 Å². The zero-order valence-corrected chi connectivity index (χ0v) is 13.2. The lowest BCUT2D eigenvalue weighted by Crippen LogP contribution is -1.90. The molecule has 18 heavy (non-hydrogen) atoms. The average Bonchev–Trinajstić information content (AvgIpc) is 2.53. The van der Waals surface area contributed by atoms with Crippen molar-refractivity contribution in [3.8, 4) is 0 Å². The summed E-state index contributed by atoms with van der Waals surface area (Å²) < 4.78 is 2.68. The predicted octanol–water partition coefficient (Wildman–Crippen LogP) is 4.02. The van der Waals surface area contributed by atoms with E-state index >= 15 is 0 Å². The lowest BCUT2D eigenvalue weighted by Gasteiger charge is -2.05. The first-order chi connectivity index (χ1) is 8.49. The second-order valence-corrected chi connectivity index (χ2v) is 6.24. The highest BCUT2D eigenvalue weighted by molar-refractivity contribution is 9.10. The highest BCUT2D eigenvalue weighted by Crippen LogP contribution is 2.32. The molecular weight excluding hydrogens is 334 g/mol. The number of nitrogen functional groups attached to an aromatic ring is 1. The summed E-state index contributed by atoms with van der Waals surface area (Å²) in [4.78, 5) is 1.05. The molecule has 1 aromatic carbocycles. The lowest BCUT2D eigenvalue weighted by atomic mass is 10.3. The Balaban J connectivity index is 2.16. The molecule has 2 aromatic rings. The minimum Gasteiger partial charge on any atom is -0.398 e. The molecule has 6 heteroatoms. The van der Waals surface area contributed by atoms with E-state index in [-0.39, 0.29) is 0 Å². The minimum atomic E-state index is 0.690. The van der Waals surface area contributed by atoms with Crippen LogP contribution < -0.4 is 5.73 Å². The van der Waals surface area contributed by atoms with Gasteiger partial charge in [-0.2, -0.15) is 5.10 Å². The fraction of sp³-hybridized carbons (Fsp3) is 0.250. The molecule has 0 radical (unpaired) electrons. The molecule has 3 nitrogen and oxygen atoms in total. The second-order valence-electron chi connectivity index (χ2n) is 3.95. The lowest BCUT2D eigenvalue weighted by molar-refractivity contribution is 0.757. The summed E-state index contributed by atoms with van der Waals surface area (Å²) in [7, 11) is 1.84. The van der Waals surface area contributed by atoms with Crippen molar-refractivity contribution in [2.75, 3.05) is 5.73 Å². The van der Waals surface area contributed by atoms with Crippen LogP contribution in [0.1, 0.15) is 11.3 Å². The van der Waals surface area contributed by atoms with E-state index in [0.717, 1.165) is 32.1 Å². The average molecular weight is 347 g/mol. The Bertz CT molecular complexity index is 583. The molecule has 0 aliphatic heterocycles. The number of benzene rings is 1. The van der Waals surface area contributed by atoms with E-state index in [0.29, 0.717) is 5.15 Å². The molecule has 0 atom stereocenters. The van der Waals surface area contributed by atoms with E-state index < -0.39 is 0 Å². The van der Waals surface area contributed by atoms with Gasteiger partial charge in [-0.05, 0) is 25.1 Å². The van der Waals surface area contributed by atoms with Crippen LogP contribution in [0, 0.1) is 6.92 Å². The van der Waals surface area contributed by atoms with Crippen LogP contribution in [-0.2, 0) is 12.8 Å². The summed E-state index contributed by atoms with van der Waals surface area (Å²) in [5.41, 5.74) is 8.76. The molecule has 0 aliphatic carbocycles. The number of nitrogens with two attached hydrogens (primary N) is 1. The van der Waals surface area contributed by atoms with Gasteiger partial charge in [-0.1, -0.05) is 27.5 Å². The van der Waals surface area contributed by atoms with Gasteiger partial charge in [-0.3, -0.25) is 4.68 Å². The summed E-state index contributed by atoms with van der Waals surface area (Å²) in [6, 6.07) is 5.89. The summed E-state index contributed by atoms with van der Waals surface area (Å²) in [5.74, 6) is 0.768. The largest absolute Gasteiger partial charge is 0.398 e. The molecule has 0 spiro atoms. The van der Waals surface area contributed by atoms with Crippen molar-refractivity contribution in [3.63, 3.8) is 0 Å². The minimum absolute atomic E-state index is 0.690. The molecule has 0 fully saturated rings. The fourth-order valence-electron chi connectivity index (χ4n) is 1.64. The zero-order valence-electron chi connectivity index (χ0n) is 10.1. The molecule has 0 bridgehead atoms. The highest BCUT2D eigenvalue weighted by Gasteiger charge is 2.12. The van der Waals surface area contributed by atoms with Crippen molar-refractivity contribution in [3.05, 3.63) is 39.1 Å². The molecular formula is C12H13BrClN3S. The number of hydrogen-bond acceptors (Lipinski definition) is 3. The maximum Gasteiger partial charge on any atom is 0.131 e. The summed E-state index contributed by atoms with van der Waals surface area (Å²) in [6.07, 6.45) is 0. The monoisotopic (exact) mass is 345 g/mol. The molecule has 96 valence electrons. The normalized spacial score (nSPS) is 10.9. The molecule has 0 aliphatic rings. The molecule has 1 heterocycles. The summed E-state index contributed by atoms with van der Waals surface area (Å²) in [6.45, 7) is 1.96. The SMILES string of the molecule is Cc1nn(C)c(Cl)c1CSc1ccc(Br)cc1N. The Hall–Kier alpha value is -0.650. The Morgan fingerprint density at radius 2 is 2.22 bits per heavy atom. The smallest absolute Gasteiger partial charge is 0.131 e. The van der Waals surface area contributed by atoms with Gasteiger partial charge in [0.1, 0.15) is 5.15 Å². The molecule has 2 rings (SSSR count). The fourth-order valence-corrected chi connectivity index (χ4v) is 3.37. The van der Waals surface area contributed by atoms with E-state index in [9.17, 15) is 0 Å². The van der Waals surface area contributed by atoms with Crippen LogP contribution in [0.4, 0.5) is 5.69 Å². The van der Waals surface area contributed by atoms with E-state index in [1.165, 1.54) is 0 Å². The third-order valence-corrected chi connectivity index (χ3v) is 4.70. The predicted molar refractivity (Wildman–Crippen MR) is 81.1 cm³/mol. The van der Waals surface area contributed by atoms with Gasteiger partial charge >= 0.3 is 0 Å². The van der Waals surface area contributed by atoms with Crippen LogP contribution in [0.25, 0.3) is 0 Å². The maximum atomic E-state index is 6.19. The molecule has 1 aromatic heterocycles. The van der Waals surface area contributed by atoms with Gasteiger partial charge in [0.15, 0.2) is 0 Å². The number of nitrogens with zero attached hydrogens (tertiary/aromatic N) is 2. The highest BCUT2D eigenvalue weighted by atomic mass is 79.9. The molecule has 0 unspecified atom stereocenters. The molecule has 0 saturated carbocycles. The molecule has 0 saturated heterocycles. The van der Waals surface area contributed by atoms with Crippen molar-refractivity contribution in [1.29, 1.82) is 0 Å². The molecule has 2 N–H and O–H groups in total. The number of thioether (sulfide) groups is 1. The quantitative estimate of drug-likeness (QED) is 0.674. The second kappa shape index (κ2) is 5.55. The Kier molecular flexibility index (Phi) is 4.25. The maximum absolute atomic E-state index is 6.19. The van der Waals surface area contributed by atoms with Gasteiger partial charge in [-0.25, -0.2) is 0 Å². The van der Waals surface area contributed by atoms with Gasteiger partial charge in [0.05, 0.1) is 5.69 Å².